The molecular formula is C15H19NO6. The van der Waals surface area contributed by atoms with E-state index in [0.717, 1.165) is 0 Å². The smallest absolute Gasteiger partial charge is 0.328 e. The van der Waals surface area contributed by atoms with Crippen LogP contribution in [0.2, 0.25) is 0 Å². The van der Waals surface area contributed by atoms with Crippen molar-refractivity contribution in [2.75, 3.05) is 27.4 Å². The van der Waals surface area contributed by atoms with Crippen LogP contribution in [0.3, 0.4) is 0 Å². The minimum absolute atomic E-state index is 0.167. The van der Waals surface area contributed by atoms with Crippen LogP contribution in [0.5, 0.6) is 11.5 Å². The number of methoxy groups -OCH3 is 2. The van der Waals surface area contributed by atoms with Gasteiger partial charge in [0.05, 0.1) is 33.0 Å². The summed E-state index contributed by atoms with van der Waals surface area (Å²) in [5.74, 6) is -1.17. The van der Waals surface area contributed by atoms with Gasteiger partial charge in [0, 0.05) is 0 Å². The third kappa shape index (κ3) is 4.49. The molecule has 0 fully saturated rings. The molecule has 1 aromatic carbocycles. The summed E-state index contributed by atoms with van der Waals surface area (Å²) in [6, 6.07) is 3.58. The van der Waals surface area contributed by atoms with Gasteiger partial charge in [-0.15, -0.1) is 6.58 Å². The van der Waals surface area contributed by atoms with E-state index in [1.54, 1.807) is 12.1 Å². The number of hydrogen-bond donors (Lipinski definition) is 2. The predicted molar refractivity (Wildman–Crippen MR) is 79.5 cm³/mol. The third-order valence-electron chi connectivity index (χ3n) is 2.77. The van der Waals surface area contributed by atoms with Gasteiger partial charge in [0.2, 0.25) is 0 Å². The second kappa shape index (κ2) is 8.68. The Morgan fingerprint density at radius 1 is 1.36 bits per heavy atom. The number of carbonyl (C=O) groups excluding carboxylic acids is 1. The Morgan fingerprint density at radius 2 is 2.09 bits per heavy atom. The van der Waals surface area contributed by atoms with Crippen molar-refractivity contribution in [3.8, 4) is 11.5 Å². The molecule has 0 heterocycles. The molecule has 1 atom stereocenters. The Bertz CT molecular complexity index is 543. The Labute approximate surface area is 128 Å². The van der Waals surface area contributed by atoms with Gasteiger partial charge in [-0.3, -0.25) is 4.79 Å². The van der Waals surface area contributed by atoms with Crippen LogP contribution in [0.1, 0.15) is 10.4 Å². The van der Waals surface area contributed by atoms with Crippen LogP contribution >= 0.6 is 0 Å². The first-order valence-electron chi connectivity index (χ1n) is 6.48. The molecule has 7 nitrogen and oxygen atoms in total. The number of para-hydroxylation sites is 1. The van der Waals surface area contributed by atoms with Crippen LogP contribution in [0.15, 0.2) is 30.9 Å². The standard InChI is InChI=1S/C15H19NO6/c1-4-8-22-9-11(15(18)19)16-14(17)10-6-5-7-12(20-2)13(10)21-3/h4-7,11H,1,8-9H2,2-3H3,(H,16,17)(H,18,19). The zero-order valence-electron chi connectivity index (χ0n) is 12.5. The highest BCUT2D eigenvalue weighted by Crippen LogP contribution is 2.30. The molecule has 0 radical (unpaired) electrons. The lowest BCUT2D eigenvalue weighted by Crippen LogP contribution is -2.44. The van der Waals surface area contributed by atoms with Crippen molar-refractivity contribution in [2.24, 2.45) is 0 Å². The zero-order valence-corrected chi connectivity index (χ0v) is 12.5. The Kier molecular flexibility index (Phi) is 6.91. The number of ether oxygens (including phenoxy) is 3. The molecule has 0 bridgehead atoms. The Hall–Kier alpha value is -2.54. The quantitative estimate of drug-likeness (QED) is 0.524. The number of hydrogen-bond acceptors (Lipinski definition) is 5. The fourth-order valence-electron chi connectivity index (χ4n) is 1.75. The van der Waals surface area contributed by atoms with E-state index in [2.05, 4.69) is 11.9 Å². The average Bonchev–Trinajstić information content (AvgIpc) is 2.52. The van der Waals surface area contributed by atoms with E-state index < -0.39 is 17.9 Å². The van der Waals surface area contributed by atoms with Crippen LogP contribution in [0.25, 0.3) is 0 Å². The number of aliphatic carboxylic acids is 1. The average molecular weight is 309 g/mol. The topological polar surface area (TPSA) is 94.1 Å². The SMILES string of the molecule is C=CCOCC(NC(=O)c1cccc(OC)c1OC)C(=O)O. The largest absolute Gasteiger partial charge is 0.493 e. The first kappa shape index (κ1) is 17.5. The molecule has 1 aromatic rings. The summed E-state index contributed by atoms with van der Waals surface area (Å²) in [6.45, 7) is 3.49. The molecule has 22 heavy (non-hydrogen) atoms. The van der Waals surface area contributed by atoms with Crippen molar-refractivity contribution in [1.29, 1.82) is 0 Å². The van der Waals surface area contributed by atoms with Gasteiger partial charge in [-0.05, 0) is 12.1 Å². The molecule has 0 spiro atoms. The lowest BCUT2D eigenvalue weighted by molar-refractivity contribution is -0.140. The van der Waals surface area contributed by atoms with Crippen LogP contribution in [-0.4, -0.2) is 50.5 Å². The summed E-state index contributed by atoms with van der Waals surface area (Å²) in [5.41, 5.74) is 0.178. The molecule has 0 saturated heterocycles. The summed E-state index contributed by atoms with van der Waals surface area (Å²) < 4.78 is 15.3. The van der Waals surface area contributed by atoms with E-state index in [0.29, 0.717) is 5.75 Å². The molecule has 0 aliphatic carbocycles. The van der Waals surface area contributed by atoms with E-state index in [4.69, 9.17) is 19.3 Å². The summed E-state index contributed by atoms with van der Waals surface area (Å²) in [4.78, 5) is 23.4. The Balaban J connectivity index is 2.90. The Morgan fingerprint density at radius 3 is 2.64 bits per heavy atom. The second-order valence-corrected chi connectivity index (χ2v) is 4.23. The summed E-state index contributed by atoms with van der Waals surface area (Å²) in [6.07, 6.45) is 1.49. The van der Waals surface area contributed by atoms with Crippen molar-refractivity contribution in [1.82, 2.24) is 5.32 Å². The van der Waals surface area contributed by atoms with Crippen LogP contribution in [0.4, 0.5) is 0 Å². The molecule has 0 aliphatic heterocycles. The van der Waals surface area contributed by atoms with Gasteiger partial charge in [-0.1, -0.05) is 12.1 Å². The lowest BCUT2D eigenvalue weighted by Gasteiger charge is -2.16. The minimum atomic E-state index is -1.20. The molecule has 2 N–H and O–H groups in total. The van der Waals surface area contributed by atoms with E-state index in [9.17, 15) is 9.59 Å². The maximum atomic E-state index is 12.3. The number of benzene rings is 1. The lowest BCUT2D eigenvalue weighted by atomic mass is 10.1. The van der Waals surface area contributed by atoms with Gasteiger partial charge in [0.25, 0.3) is 5.91 Å². The normalized spacial score (nSPS) is 11.4. The van der Waals surface area contributed by atoms with E-state index in [1.165, 1.54) is 26.4 Å². The van der Waals surface area contributed by atoms with Crippen molar-refractivity contribution in [3.05, 3.63) is 36.4 Å². The number of amides is 1. The highest BCUT2D eigenvalue weighted by atomic mass is 16.5. The highest BCUT2D eigenvalue weighted by molar-refractivity contribution is 5.99. The molecule has 120 valence electrons. The zero-order chi connectivity index (χ0) is 16.5. The number of carboxylic acids is 1. The molecule has 1 rings (SSSR count). The van der Waals surface area contributed by atoms with E-state index in [-0.39, 0.29) is 24.5 Å². The van der Waals surface area contributed by atoms with Crippen molar-refractivity contribution in [3.63, 3.8) is 0 Å². The summed E-state index contributed by atoms with van der Waals surface area (Å²) in [5, 5.41) is 11.5. The predicted octanol–water partition coefficient (Wildman–Crippen LogP) is 1.09. The first-order valence-corrected chi connectivity index (χ1v) is 6.48. The number of nitrogens with one attached hydrogen (secondary N) is 1. The van der Waals surface area contributed by atoms with Crippen molar-refractivity contribution >= 4 is 11.9 Å². The van der Waals surface area contributed by atoms with Crippen molar-refractivity contribution < 1.29 is 28.9 Å². The maximum absolute atomic E-state index is 12.3. The minimum Gasteiger partial charge on any atom is -0.493 e. The van der Waals surface area contributed by atoms with Gasteiger partial charge in [-0.25, -0.2) is 4.79 Å². The number of carboxylic acid groups (broad SMARTS) is 1. The molecule has 0 aliphatic rings. The van der Waals surface area contributed by atoms with Crippen molar-refractivity contribution in [2.45, 2.75) is 6.04 Å². The van der Waals surface area contributed by atoms with Gasteiger partial charge in [0.15, 0.2) is 17.5 Å². The molecule has 1 unspecified atom stereocenters. The van der Waals surface area contributed by atoms with Gasteiger partial charge >= 0.3 is 5.97 Å². The fourth-order valence-corrected chi connectivity index (χ4v) is 1.75. The third-order valence-corrected chi connectivity index (χ3v) is 2.77. The number of rotatable bonds is 9. The highest BCUT2D eigenvalue weighted by Gasteiger charge is 2.23. The van der Waals surface area contributed by atoms with Crippen LogP contribution in [-0.2, 0) is 9.53 Å². The van der Waals surface area contributed by atoms with Gasteiger partial charge < -0.3 is 24.6 Å². The maximum Gasteiger partial charge on any atom is 0.328 e. The fraction of sp³-hybridized carbons (Fsp3) is 0.333. The second-order valence-electron chi connectivity index (χ2n) is 4.23. The summed E-state index contributed by atoms with van der Waals surface area (Å²) in [7, 11) is 2.85. The van der Waals surface area contributed by atoms with E-state index >= 15 is 0 Å². The van der Waals surface area contributed by atoms with Gasteiger partial charge in [0.1, 0.15) is 0 Å². The molecule has 0 aromatic heterocycles. The van der Waals surface area contributed by atoms with Gasteiger partial charge in [-0.2, -0.15) is 0 Å². The van der Waals surface area contributed by atoms with Crippen LogP contribution in [0, 0.1) is 0 Å². The molecule has 0 saturated carbocycles. The summed E-state index contributed by atoms with van der Waals surface area (Å²) >= 11 is 0. The number of carbonyl (C=O) groups is 2. The first-order chi connectivity index (χ1) is 10.5. The van der Waals surface area contributed by atoms with Crippen LogP contribution < -0.4 is 14.8 Å². The molecular weight excluding hydrogens is 290 g/mol. The molecule has 7 heteroatoms. The molecule has 1 amide bonds. The monoisotopic (exact) mass is 309 g/mol. The van der Waals surface area contributed by atoms with E-state index in [1.807, 2.05) is 0 Å².